The Balaban J connectivity index is 1.21. The fraction of sp³-hybridized carbons (Fsp3) is 0. The van der Waals surface area contributed by atoms with Gasteiger partial charge in [-0.15, -0.1) is 0 Å². The van der Waals surface area contributed by atoms with Crippen molar-refractivity contribution in [1.29, 1.82) is 0 Å². The Morgan fingerprint density at radius 3 is 2.16 bits per heavy atom. The second-order valence-corrected chi connectivity index (χ2v) is 10.6. The molecule has 9 rings (SSSR count). The lowest BCUT2D eigenvalue weighted by molar-refractivity contribution is 0.484. The molecule has 0 fully saturated rings. The van der Waals surface area contributed by atoms with Crippen LogP contribution in [0.4, 0.5) is 0 Å². The molecule has 0 spiro atoms. The molecule has 0 aliphatic carbocycles. The minimum Gasteiger partial charge on any atom is -0.457 e. The molecule has 4 aromatic carbocycles. The van der Waals surface area contributed by atoms with Crippen molar-refractivity contribution in [2.24, 2.45) is 0 Å². The lowest BCUT2D eigenvalue weighted by atomic mass is 10.1. The third-order valence-electron chi connectivity index (χ3n) is 8.07. The molecule has 6 heteroatoms. The van der Waals surface area contributed by atoms with E-state index >= 15 is 0 Å². The first kappa shape index (κ1) is 23.7. The van der Waals surface area contributed by atoms with Crippen molar-refractivity contribution in [2.75, 3.05) is 0 Å². The maximum absolute atomic E-state index is 6.54. The molecule has 5 aromatic heterocycles. The van der Waals surface area contributed by atoms with Gasteiger partial charge >= 0.3 is 0 Å². The van der Waals surface area contributed by atoms with E-state index in [9.17, 15) is 0 Å². The van der Waals surface area contributed by atoms with Crippen molar-refractivity contribution in [2.45, 2.75) is 0 Å². The number of fused-ring (bicyclic) bond motifs is 9. The summed E-state index contributed by atoms with van der Waals surface area (Å²) in [5, 5.41) is 4.34. The van der Waals surface area contributed by atoms with E-state index in [0.717, 1.165) is 72.4 Å². The Morgan fingerprint density at radius 2 is 1.28 bits per heavy atom. The monoisotopic (exact) mass is 553 g/mol. The predicted molar refractivity (Wildman–Crippen MR) is 172 cm³/mol. The van der Waals surface area contributed by atoms with Gasteiger partial charge in [-0.25, -0.2) is 9.97 Å². The summed E-state index contributed by atoms with van der Waals surface area (Å²) in [4.78, 5) is 14.5. The van der Waals surface area contributed by atoms with Crippen molar-refractivity contribution in [3.05, 3.63) is 140 Å². The molecule has 9 aromatic rings. The van der Waals surface area contributed by atoms with E-state index in [0.29, 0.717) is 0 Å². The molecule has 0 aliphatic heterocycles. The van der Waals surface area contributed by atoms with E-state index in [1.807, 2.05) is 67.0 Å². The van der Waals surface area contributed by atoms with Crippen LogP contribution in [0.5, 0.6) is 11.5 Å². The average Bonchev–Trinajstić information content (AvgIpc) is 3.66. The molecule has 0 bridgehead atoms. The number of nitrogens with zero attached hydrogens (tertiary/aromatic N) is 5. The number of hydrogen-bond donors (Lipinski definition) is 0. The van der Waals surface area contributed by atoms with Gasteiger partial charge in [-0.2, -0.15) is 0 Å². The molecule has 0 N–H and O–H groups in total. The fourth-order valence-electron chi connectivity index (χ4n) is 6.16. The highest BCUT2D eigenvalue weighted by Crippen LogP contribution is 2.37. The summed E-state index contributed by atoms with van der Waals surface area (Å²) in [5.74, 6) is 2.34. The molecule has 6 nitrogen and oxygen atoms in total. The number of pyridine rings is 3. The zero-order chi connectivity index (χ0) is 28.3. The van der Waals surface area contributed by atoms with Crippen LogP contribution in [0, 0.1) is 0 Å². The summed E-state index contributed by atoms with van der Waals surface area (Å²) in [6.45, 7) is 0. The maximum atomic E-state index is 6.54. The fourth-order valence-corrected chi connectivity index (χ4v) is 6.16. The van der Waals surface area contributed by atoms with E-state index in [-0.39, 0.29) is 0 Å². The van der Waals surface area contributed by atoms with Crippen LogP contribution in [-0.2, 0) is 0 Å². The quantitative estimate of drug-likeness (QED) is 0.204. The maximum Gasteiger partial charge on any atom is 0.146 e. The van der Waals surface area contributed by atoms with Crippen LogP contribution in [-0.4, -0.2) is 23.9 Å². The molecule has 43 heavy (non-hydrogen) atoms. The van der Waals surface area contributed by atoms with Gasteiger partial charge in [0.1, 0.15) is 23.0 Å². The Hall–Kier alpha value is -6.01. The first-order valence-electron chi connectivity index (χ1n) is 14.2. The number of ether oxygens (including phenoxy) is 1. The lowest BCUT2D eigenvalue weighted by Crippen LogP contribution is -1.96. The molecule has 0 saturated carbocycles. The van der Waals surface area contributed by atoms with Crippen LogP contribution >= 0.6 is 0 Å². The third-order valence-corrected chi connectivity index (χ3v) is 8.07. The van der Waals surface area contributed by atoms with Crippen LogP contribution in [0.3, 0.4) is 0 Å². The predicted octanol–water partition coefficient (Wildman–Crippen LogP) is 8.99. The van der Waals surface area contributed by atoms with E-state index in [1.54, 1.807) is 0 Å². The van der Waals surface area contributed by atoms with Crippen molar-refractivity contribution >= 4 is 49.3 Å². The van der Waals surface area contributed by atoms with Gasteiger partial charge in [0.05, 0.1) is 27.8 Å². The SMILES string of the molecule is c1ccc(-c2cn3c4cccnc4c4ccc(Oc5ccc6c7ccccc7n(-c7ccccn7)c6c5)cc4c3n2)cc1. The summed E-state index contributed by atoms with van der Waals surface area (Å²) in [6.07, 6.45) is 5.75. The summed E-state index contributed by atoms with van der Waals surface area (Å²) in [6, 6.07) is 41.1. The van der Waals surface area contributed by atoms with E-state index in [1.165, 1.54) is 5.39 Å². The summed E-state index contributed by atoms with van der Waals surface area (Å²) in [5.41, 5.74) is 6.94. The number of hydrogen-bond acceptors (Lipinski definition) is 4. The van der Waals surface area contributed by atoms with Crippen LogP contribution in [0.25, 0.3) is 66.3 Å². The molecule has 0 unspecified atom stereocenters. The van der Waals surface area contributed by atoms with E-state index in [4.69, 9.17) is 14.7 Å². The molecular weight excluding hydrogens is 530 g/mol. The zero-order valence-corrected chi connectivity index (χ0v) is 22.9. The van der Waals surface area contributed by atoms with Crippen molar-refractivity contribution in [3.63, 3.8) is 0 Å². The Kier molecular flexibility index (Phi) is 5.10. The molecule has 5 heterocycles. The van der Waals surface area contributed by atoms with Crippen LogP contribution in [0.15, 0.2) is 140 Å². The number of aromatic nitrogens is 5. The van der Waals surface area contributed by atoms with Gasteiger partial charge in [0.2, 0.25) is 0 Å². The van der Waals surface area contributed by atoms with Gasteiger partial charge in [0.15, 0.2) is 0 Å². The lowest BCUT2D eigenvalue weighted by Gasteiger charge is -2.11. The van der Waals surface area contributed by atoms with Crippen molar-refractivity contribution < 1.29 is 4.74 Å². The summed E-state index contributed by atoms with van der Waals surface area (Å²) in [7, 11) is 0. The third kappa shape index (κ3) is 3.70. The van der Waals surface area contributed by atoms with Gasteiger partial charge in [0, 0.05) is 51.8 Å². The smallest absolute Gasteiger partial charge is 0.146 e. The van der Waals surface area contributed by atoms with Gasteiger partial charge in [-0.3, -0.25) is 14.0 Å². The number of benzene rings is 4. The van der Waals surface area contributed by atoms with Crippen LogP contribution in [0.1, 0.15) is 0 Å². The van der Waals surface area contributed by atoms with Gasteiger partial charge < -0.3 is 4.74 Å². The molecule has 0 saturated heterocycles. The van der Waals surface area contributed by atoms with E-state index in [2.05, 4.69) is 86.9 Å². The van der Waals surface area contributed by atoms with Crippen LogP contribution in [0.2, 0.25) is 0 Å². The molecule has 202 valence electrons. The number of rotatable bonds is 4. The molecule has 0 aliphatic rings. The van der Waals surface area contributed by atoms with Crippen molar-refractivity contribution in [3.8, 4) is 28.6 Å². The molecule has 0 radical (unpaired) electrons. The van der Waals surface area contributed by atoms with Gasteiger partial charge in [-0.05, 0) is 60.7 Å². The highest BCUT2D eigenvalue weighted by atomic mass is 16.5. The Morgan fingerprint density at radius 1 is 0.535 bits per heavy atom. The standard InChI is InChI=1S/C37H23N5O/c1-2-9-24(10-3-1)31-23-41-33-13-8-20-39-36(33)29-18-16-25(21-30(29)37(41)40-31)43-26-15-17-28-27-11-4-5-12-32(27)42(34(28)22-26)35-14-6-7-19-38-35/h1-23H. The van der Waals surface area contributed by atoms with Crippen LogP contribution < -0.4 is 4.74 Å². The minimum absolute atomic E-state index is 0.730. The molecule has 0 amide bonds. The highest BCUT2D eigenvalue weighted by Gasteiger charge is 2.16. The average molecular weight is 554 g/mol. The van der Waals surface area contributed by atoms with Crippen molar-refractivity contribution in [1.82, 2.24) is 23.9 Å². The first-order valence-corrected chi connectivity index (χ1v) is 14.2. The zero-order valence-electron chi connectivity index (χ0n) is 22.9. The Bertz CT molecular complexity index is 2480. The van der Waals surface area contributed by atoms with Gasteiger partial charge in [0.25, 0.3) is 0 Å². The minimum atomic E-state index is 0.730. The summed E-state index contributed by atoms with van der Waals surface area (Å²) >= 11 is 0. The largest absolute Gasteiger partial charge is 0.457 e. The van der Waals surface area contributed by atoms with E-state index < -0.39 is 0 Å². The second-order valence-electron chi connectivity index (χ2n) is 10.6. The normalized spacial score (nSPS) is 11.7. The molecular formula is C37H23N5O. The number of para-hydroxylation sites is 1. The Labute approximate surface area is 246 Å². The highest BCUT2D eigenvalue weighted by molar-refractivity contribution is 6.11. The molecule has 0 atom stereocenters. The van der Waals surface area contributed by atoms with Gasteiger partial charge in [-0.1, -0.05) is 54.6 Å². The summed E-state index contributed by atoms with van der Waals surface area (Å²) < 4.78 is 10.9. The first-order chi connectivity index (χ1) is 21.3. The number of imidazole rings is 1. The topological polar surface area (TPSA) is 57.2 Å². The second kappa shape index (κ2) is 9.26.